The molecule has 0 aromatic heterocycles. The van der Waals surface area contributed by atoms with E-state index in [0.29, 0.717) is 6.04 Å². The maximum absolute atomic E-state index is 5.37. The van der Waals surface area contributed by atoms with Gasteiger partial charge in [-0.05, 0) is 51.1 Å². The third kappa shape index (κ3) is 2.39. The van der Waals surface area contributed by atoms with Gasteiger partial charge in [0.25, 0.3) is 0 Å². The second kappa shape index (κ2) is 5.31. The summed E-state index contributed by atoms with van der Waals surface area (Å²) in [5.41, 5.74) is 1.63. The van der Waals surface area contributed by atoms with Crippen LogP contribution in [0.5, 0.6) is 5.75 Å². The summed E-state index contributed by atoms with van der Waals surface area (Å²) >= 11 is 0. The van der Waals surface area contributed by atoms with Crippen molar-refractivity contribution in [1.82, 2.24) is 4.90 Å². The maximum Gasteiger partial charge on any atom is 0.119 e. The predicted octanol–water partition coefficient (Wildman–Crippen LogP) is 3.46. The first kappa shape index (κ1) is 13.4. The van der Waals surface area contributed by atoms with Crippen LogP contribution in [0.1, 0.15) is 38.7 Å². The molecular formula is C16H25NO. The van der Waals surface area contributed by atoms with Gasteiger partial charge in [-0.25, -0.2) is 0 Å². The average Bonchev–Trinajstić information content (AvgIpc) is 2.53. The van der Waals surface area contributed by atoms with Gasteiger partial charge < -0.3 is 9.64 Å². The molecular weight excluding hydrogens is 222 g/mol. The van der Waals surface area contributed by atoms with Crippen LogP contribution in [-0.4, -0.2) is 31.6 Å². The van der Waals surface area contributed by atoms with E-state index in [4.69, 9.17) is 4.74 Å². The van der Waals surface area contributed by atoms with Crippen molar-refractivity contribution < 1.29 is 4.74 Å². The topological polar surface area (TPSA) is 12.5 Å². The van der Waals surface area contributed by atoms with E-state index >= 15 is 0 Å². The maximum atomic E-state index is 5.37. The van der Waals surface area contributed by atoms with Crippen molar-refractivity contribution in [2.45, 2.75) is 44.6 Å². The molecule has 1 heterocycles. The van der Waals surface area contributed by atoms with Gasteiger partial charge in [0.15, 0.2) is 0 Å². The fourth-order valence-corrected chi connectivity index (χ4v) is 3.11. The Balaban J connectivity index is 2.37. The lowest BCUT2D eigenvalue weighted by atomic mass is 9.73. The minimum absolute atomic E-state index is 0.222. The average molecular weight is 247 g/mol. The second-order valence-corrected chi connectivity index (χ2v) is 5.76. The van der Waals surface area contributed by atoms with Gasteiger partial charge in [-0.1, -0.05) is 25.5 Å². The van der Waals surface area contributed by atoms with Crippen molar-refractivity contribution in [3.63, 3.8) is 0 Å². The molecule has 0 saturated carbocycles. The number of hydrogen-bond acceptors (Lipinski definition) is 2. The van der Waals surface area contributed by atoms with Crippen LogP contribution >= 0.6 is 0 Å². The number of hydrogen-bond donors (Lipinski definition) is 0. The van der Waals surface area contributed by atoms with Gasteiger partial charge in [0, 0.05) is 11.5 Å². The number of rotatable bonds is 2. The zero-order chi connectivity index (χ0) is 13.2. The molecule has 2 heteroatoms. The summed E-state index contributed by atoms with van der Waals surface area (Å²) in [6, 6.07) is 9.15. The van der Waals surface area contributed by atoms with Gasteiger partial charge in [0.2, 0.25) is 0 Å². The lowest BCUT2D eigenvalue weighted by molar-refractivity contribution is 0.186. The van der Waals surface area contributed by atoms with Gasteiger partial charge in [0.1, 0.15) is 5.75 Å². The number of methoxy groups -OCH3 is 1. The molecule has 1 aromatic carbocycles. The summed E-state index contributed by atoms with van der Waals surface area (Å²) in [6.07, 6.45) is 3.87. The molecule has 0 N–H and O–H groups in total. The van der Waals surface area contributed by atoms with Gasteiger partial charge in [-0.2, -0.15) is 0 Å². The summed E-state index contributed by atoms with van der Waals surface area (Å²) in [5.74, 6) is 0.966. The third-order valence-corrected chi connectivity index (χ3v) is 4.77. The number of nitrogens with zero attached hydrogens (tertiary/aromatic N) is 1. The Hall–Kier alpha value is -1.02. The fraction of sp³-hybridized carbons (Fsp3) is 0.625. The highest BCUT2D eigenvalue weighted by Gasteiger charge is 2.36. The largest absolute Gasteiger partial charge is 0.497 e. The number of likely N-dealkylation sites (tertiary alicyclic amines) is 1. The summed E-state index contributed by atoms with van der Waals surface area (Å²) in [4.78, 5) is 2.49. The van der Waals surface area contributed by atoms with E-state index in [1.54, 1.807) is 7.11 Å². The molecule has 2 atom stereocenters. The highest BCUT2D eigenvalue weighted by atomic mass is 16.5. The Bertz CT molecular complexity index is 404. The SMILES string of the molecule is COc1cccc(C2(C)CCCCN(C)C2C)c1. The molecule has 100 valence electrons. The van der Waals surface area contributed by atoms with E-state index in [0.717, 1.165) is 5.75 Å². The summed E-state index contributed by atoms with van der Waals surface area (Å²) < 4.78 is 5.37. The van der Waals surface area contributed by atoms with Crippen molar-refractivity contribution in [1.29, 1.82) is 0 Å². The zero-order valence-electron chi connectivity index (χ0n) is 12.1. The molecule has 1 aliphatic rings. The highest BCUT2D eigenvalue weighted by molar-refractivity contribution is 5.35. The molecule has 1 fully saturated rings. The molecule has 1 aromatic rings. The number of likely N-dealkylation sites (N-methyl/N-ethyl adjacent to an activating group) is 1. The lowest BCUT2D eigenvalue weighted by Crippen LogP contribution is -2.44. The molecule has 0 amide bonds. The normalized spacial score (nSPS) is 29.9. The van der Waals surface area contributed by atoms with Crippen LogP contribution in [0.4, 0.5) is 0 Å². The van der Waals surface area contributed by atoms with Crippen LogP contribution in [0.15, 0.2) is 24.3 Å². The van der Waals surface area contributed by atoms with Gasteiger partial charge in [-0.15, -0.1) is 0 Å². The molecule has 0 aliphatic carbocycles. The quantitative estimate of drug-likeness (QED) is 0.793. The molecule has 0 spiro atoms. The van der Waals surface area contributed by atoms with Crippen LogP contribution < -0.4 is 4.74 Å². The first-order valence-corrected chi connectivity index (χ1v) is 6.92. The van der Waals surface area contributed by atoms with E-state index < -0.39 is 0 Å². The van der Waals surface area contributed by atoms with Gasteiger partial charge in [-0.3, -0.25) is 0 Å². The van der Waals surface area contributed by atoms with Crippen LogP contribution in [-0.2, 0) is 5.41 Å². The first-order chi connectivity index (χ1) is 8.58. The number of ether oxygens (including phenoxy) is 1. The molecule has 2 nitrogen and oxygen atoms in total. The molecule has 2 rings (SSSR count). The molecule has 0 radical (unpaired) electrons. The minimum Gasteiger partial charge on any atom is -0.497 e. The highest BCUT2D eigenvalue weighted by Crippen LogP contribution is 2.38. The summed E-state index contributed by atoms with van der Waals surface area (Å²) in [7, 11) is 3.98. The Morgan fingerprint density at radius 2 is 2.11 bits per heavy atom. The molecule has 1 aliphatic heterocycles. The Labute approximate surface area is 111 Å². The fourth-order valence-electron chi connectivity index (χ4n) is 3.11. The zero-order valence-corrected chi connectivity index (χ0v) is 12.1. The van der Waals surface area contributed by atoms with Crippen molar-refractivity contribution in [2.75, 3.05) is 20.7 Å². The molecule has 18 heavy (non-hydrogen) atoms. The van der Waals surface area contributed by atoms with E-state index in [1.807, 2.05) is 6.07 Å². The summed E-state index contributed by atoms with van der Waals surface area (Å²) in [6.45, 7) is 5.96. The van der Waals surface area contributed by atoms with Crippen LogP contribution in [0.3, 0.4) is 0 Å². The van der Waals surface area contributed by atoms with E-state index in [9.17, 15) is 0 Å². The van der Waals surface area contributed by atoms with Gasteiger partial charge >= 0.3 is 0 Å². The lowest BCUT2D eigenvalue weighted by Gasteiger charge is -2.39. The van der Waals surface area contributed by atoms with Crippen LogP contribution in [0.25, 0.3) is 0 Å². The monoisotopic (exact) mass is 247 g/mol. The van der Waals surface area contributed by atoms with Crippen LogP contribution in [0, 0.1) is 0 Å². The second-order valence-electron chi connectivity index (χ2n) is 5.76. The third-order valence-electron chi connectivity index (χ3n) is 4.77. The minimum atomic E-state index is 0.222. The Morgan fingerprint density at radius 1 is 1.33 bits per heavy atom. The Kier molecular flexibility index (Phi) is 3.96. The smallest absolute Gasteiger partial charge is 0.119 e. The van der Waals surface area contributed by atoms with E-state index in [-0.39, 0.29) is 5.41 Å². The summed E-state index contributed by atoms with van der Waals surface area (Å²) in [5, 5.41) is 0. The number of benzene rings is 1. The van der Waals surface area contributed by atoms with Crippen molar-refractivity contribution >= 4 is 0 Å². The molecule has 0 bridgehead atoms. The van der Waals surface area contributed by atoms with E-state index in [1.165, 1.54) is 31.4 Å². The van der Waals surface area contributed by atoms with Crippen molar-refractivity contribution in [3.05, 3.63) is 29.8 Å². The van der Waals surface area contributed by atoms with E-state index in [2.05, 4.69) is 44.0 Å². The predicted molar refractivity (Wildman–Crippen MR) is 76.3 cm³/mol. The standard InChI is InChI=1S/C16H25NO/c1-13-16(2,10-5-6-11-17(13)3)14-8-7-9-15(12-14)18-4/h7-9,12-13H,5-6,10-11H2,1-4H3. The van der Waals surface area contributed by atoms with Crippen molar-refractivity contribution in [2.24, 2.45) is 0 Å². The Morgan fingerprint density at radius 3 is 2.83 bits per heavy atom. The van der Waals surface area contributed by atoms with Crippen molar-refractivity contribution in [3.8, 4) is 5.75 Å². The van der Waals surface area contributed by atoms with Gasteiger partial charge in [0.05, 0.1) is 7.11 Å². The first-order valence-electron chi connectivity index (χ1n) is 6.92. The molecule has 2 unspecified atom stereocenters. The molecule has 1 saturated heterocycles. The van der Waals surface area contributed by atoms with Crippen LogP contribution in [0.2, 0.25) is 0 Å².